The number of likely N-dealkylation sites (N-methyl/N-ethyl adjacent to an activating group) is 1. The van der Waals surface area contributed by atoms with Crippen LogP contribution in [-0.4, -0.2) is 80.9 Å². The highest BCUT2D eigenvalue weighted by atomic mass is 32.2. The number of carbonyl (C=O) groups excluding carboxylic acids is 1. The normalized spacial score (nSPS) is 25.1. The second kappa shape index (κ2) is 8.16. The summed E-state index contributed by atoms with van der Waals surface area (Å²) < 4.78 is 34.6. The average molecular weight is 396 g/mol. The van der Waals surface area contributed by atoms with E-state index in [4.69, 9.17) is 4.74 Å². The molecule has 0 spiro atoms. The van der Waals surface area contributed by atoms with Gasteiger partial charge in [0.25, 0.3) is 0 Å². The number of nitrogens with zero attached hydrogens (tertiary/aromatic N) is 3. The van der Waals surface area contributed by atoms with Gasteiger partial charge in [0, 0.05) is 39.0 Å². The van der Waals surface area contributed by atoms with E-state index in [-0.39, 0.29) is 22.9 Å². The van der Waals surface area contributed by atoms with Crippen LogP contribution >= 0.6 is 0 Å². The van der Waals surface area contributed by atoms with Crippen molar-refractivity contribution in [1.82, 2.24) is 14.1 Å². The van der Waals surface area contributed by atoms with Crippen LogP contribution in [0.15, 0.2) is 29.2 Å². The molecule has 2 heterocycles. The topological polar surface area (TPSA) is 70.2 Å². The number of fused-ring (bicyclic) bond motifs is 2. The van der Waals surface area contributed by atoms with Gasteiger partial charge in [-0.25, -0.2) is 8.42 Å². The van der Waals surface area contributed by atoms with Crippen molar-refractivity contribution in [2.45, 2.75) is 43.2 Å². The number of carbonyl (C=O) groups is 1. The zero-order valence-corrected chi connectivity index (χ0v) is 17.1. The van der Waals surface area contributed by atoms with Crippen LogP contribution in [-0.2, 0) is 14.8 Å². The molecule has 3 rings (SSSR count). The van der Waals surface area contributed by atoms with Crippen LogP contribution in [0.4, 0.5) is 0 Å². The van der Waals surface area contributed by atoms with Crippen LogP contribution in [0.2, 0.25) is 0 Å². The van der Waals surface area contributed by atoms with Gasteiger partial charge in [-0.1, -0.05) is 19.1 Å². The van der Waals surface area contributed by atoms with Crippen LogP contribution in [0.1, 0.15) is 26.2 Å². The molecule has 7 nitrogen and oxygen atoms in total. The average Bonchev–Trinajstić information content (AvgIpc) is 2.88. The fourth-order valence-electron chi connectivity index (χ4n) is 3.81. The minimum absolute atomic E-state index is 0.106. The Hall–Kier alpha value is -1.64. The van der Waals surface area contributed by atoms with Crippen molar-refractivity contribution in [3.8, 4) is 5.75 Å². The highest BCUT2D eigenvalue weighted by Crippen LogP contribution is 2.36. The molecular weight excluding hydrogens is 366 g/mol. The van der Waals surface area contributed by atoms with E-state index < -0.39 is 10.0 Å². The van der Waals surface area contributed by atoms with Gasteiger partial charge < -0.3 is 14.5 Å². The van der Waals surface area contributed by atoms with Gasteiger partial charge in [-0.3, -0.25) is 4.79 Å². The number of sulfonamides is 1. The largest absolute Gasteiger partial charge is 0.487 e. The van der Waals surface area contributed by atoms with Gasteiger partial charge in [0.1, 0.15) is 16.7 Å². The van der Waals surface area contributed by atoms with E-state index in [1.54, 1.807) is 28.6 Å². The number of para-hydroxylation sites is 1. The Balaban J connectivity index is 1.98. The van der Waals surface area contributed by atoms with Crippen LogP contribution in [0.5, 0.6) is 5.75 Å². The molecule has 27 heavy (non-hydrogen) atoms. The molecule has 0 N–H and O–H groups in total. The van der Waals surface area contributed by atoms with Crippen LogP contribution in [0.3, 0.4) is 0 Å². The molecule has 0 aromatic heterocycles. The van der Waals surface area contributed by atoms with Crippen molar-refractivity contribution >= 4 is 15.9 Å². The Morgan fingerprint density at radius 1 is 1.22 bits per heavy atom. The third-order valence-corrected chi connectivity index (χ3v) is 7.28. The monoisotopic (exact) mass is 395 g/mol. The summed E-state index contributed by atoms with van der Waals surface area (Å²) in [6.45, 7) is 4.03. The maximum atomic E-state index is 13.4. The SMILES string of the molecule is CCC(=O)N1CC[C@@H]2Oc3ccccc3S(=O)(=O)N(CCN(C)C)[C@H]2CC1. The lowest BCUT2D eigenvalue weighted by Gasteiger charge is -2.32. The molecule has 0 aliphatic carbocycles. The minimum atomic E-state index is -3.67. The maximum Gasteiger partial charge on any atom is 0.247 e. The summed E-state index contributed by atoms with van der Waals surface area (Å²) in [5, 5.41) is 0. The molecule has 1 saturated heterocycles. The van der Waals surface area contributed by atoms with Crippen molar-refractivity contribution in [3.05, 3.63) is 24.3 Å². The Morgan fingerprint density at radius 3 is 2.63 bits per heavy atom. The first-order valence-electron chi connectivity index (χ1n) is 9.54. The second-order valence-corrected chi connectivity index (χ2v) is 9.26. The minimum Gasteiger partial charge on any atom is -0.487 e. The quantitative estimate of drug-likeness (QED) is 0.771. The molecule has 2 aliphatic rings. The van der Waals surface area contributed by atoms with E-state index in [1.165, 1.54) is 0 Å². The summed E-state index contributed by atoms with van der Waals surface area (Å²) in [5.41, 5.74) is 0. The molecule has 0 bridgehead atoms. The summed E-state index contributed by atoms with van der Waals surface area (Å²) in [4.78, 5) is 16.2. The number of ether oxygens (including phenoxy) is 1. The Labute approximate surface area is 161 Å². The van der Waals surface area contributed by atoms with Gasteiger partial charge in [0.2, 0.25) is 15.9 Å². The molecule has 1 aromatic rings. The van der Waals surface area contributed by atoms with E-state index in [9.17, 15) is 13.2 Å². The standard InChI is InChI=1S/C19H29N3O4S/c1-4-19(23)21-11-9-15-16(10-12-21)26-17-7-5-6-8-18(17)27(24,25)22(15)14-13-20(2)3/h5-8,15-16H,4,9-14H2,1-3H3/t15-,16-/m0/s1. The van der Waals surface area contributed by atoms with Gasteiger partial charge in [-0.15, -0.1) is 0 Å². The van der Waals surface area contributed by atoms with Gasteiger partial charge >= 0.3 is 0 Å². The molecule has 0 unspecified atom stereocenters. The lowest BCUT2D eigenvalue weighted by Crippen LogP contribution is -2.49. The predicted molar refractivity (Wildman–Crippen MR) is 103 cm³/mol. The number of hydrogen-bond donors (Lipinski definition) is 0. The third-order valence-electron chi connectivity index (χ3n) is 5.31. The molecular formula is C19H29N3O4S. The molecule has 1 amide bonds. The molecule has 150 valence electrons. The zero-order chi connectivity index (χ0) is 19.6. The van der Waals surface area contributed by atoms with Crippen molar-refractivity contribution in [2.75, 3.05) is 40.3 Å². The molecule has 0 saturated carbocycles. The smallest absolute Gasteiger partial charge is 0.247 e. The van der Waals surface area contributed by atoms with E-state index >= 15 is 0 Å². The lowest BCUT2D eigenvalue weighted by molar-refractivity contribution is -0.130. The van der Waals surface area contributed by atoms with E-state index in [1.807, 2.05) is 30.8 Å². The summed E-state index contributed by atoms with van der Waals surface area (Å²) >= 11 is 0. The van der Waals surface area contributed by atoms with Crippen LogP contribution in [0, 0.1) is 0 Å². The van der Waals surface area contributed by atoms with Crippen LogP contribution in [0.25, 0.3) is 0 Å². The van der Waals surface area contributed by atoms with Gasteiger partial charge in [-0.05, 0) is 32.6 Å². The van der Waals surface area contributed by atoms with Crippen molar-refractivity contribution in [3.63, 3.8) is 0 Å². The highest BCUT2D eigenvalue weighted by Gasteiger charge is 2.43. The number of likely N-dealkylation sites (tertiary alicyclic amines) is 1. The second-order valence-electron chi connectivity index (χ2n) is 7.40. The summed E-state index contributed by atoms with van der Waals surface area (Å²) in [5.74, 6) is 0.518. The van der Waals surface area contributed by atoms with E-state index in [0.717, 1.165) is 0 Å². The molecule has 8 heteroatoms. The van der Waals surface area contributed by atoms with Crippen molar-refractivity contribution < 1.29 is 17.9 Å². The highest BCUT2D eigenvalue weighted by molar-refractivity contribution is 7.89. The zero-order valence-electron chi connectivity index (χ0n) is 16.3. The molecule has 1 fully saturated rings. The predicted octanol–water partition coefficient (Wildman–Crippen LogP) is 1.40. The maximum absolute atomic E-state index is 13.4. The Bertz CT molecular complexity index is 781. The first-order chi connectivity index (χ1) is 12.8. The Morgan fingerprint density at radius 2 is 1.93 bits per heavy atom. The van der Waals surface area contributed by atoms with E-state index in [2.05, 4.69) is 0 Å². The Kier molecular flexibility index (Phi) is 6.08. The van der Waals surface area contributed by atoms with Crippen molar-refractivity contribution in [1.29, 1.82) is 0 Å². The number of amides is 1. The fraction of sp³-hybridized carbons (Fsp3) is 0.632. The molecule has 0 radical (unpaired) electrons. The molecule has 2 atom stereocenters. The number of hydrogen-bond acceptors (Lipinski definition) is 5. The first kappa shape index (κ1) is 20.1. The van der Waals surface area contributed by atoms with Crippen LogP contribution < -0.4 is 4.74 Å². The first-order valence-corrected chi connectivity index (χ1v) is 11.0. The van der Waals surface area contributed by atoms with Gasteiger partial charge in [0.15, 0.2) is 0 Å². The summed E-state index contributed by atoms with van der Waals surface area (Å²) in [7, 11) is 0.197. The van der Waals surface area contributed by atoms with Gasteiger partial charge in [0.05, 0.1) is 6.04 Å². The van der Waals surface area contributed by atoms with Gasteiger partial charge in [-0.2, -0.15) is 4.31 Å². The van der Waals surface area contributed by atoms with Crippen molar-refractivity contribution in [2.24, 2.45) is 0 Å². The summed E-state index contributed by atoms with van der Waals surface area (Å²) in [6.07, 6.45) is 1.40. The van der Waals surface area contributed by atoms with E-state index in [0.29, 0.717) is 51.2 Å². The number of benzene rings is 1. The number of rotatable bonds is 4. The molecule has 1 aromatic carbocycles. The lowest BCUT2D eigenvalue weighted by atomic mass is 10.1. The summed E-state index contributed by atoms with van der Waals surface area (Å²) in [6, 6.07) is 6.58. The third kappa shape index (κ3) is 4.12. The fourth-order valence-corrected chi connectivity index (χ4v) is 5.61. The molecule has 2 aliphatic heterocycles.